The maximum Gasteiger partial charge on any atom is 0.225 e. The van der Waals surface area contributed by atoms with Gasteiger partial charge in [0.15, 0.2) is 0 Å². The molecule has 0 aromatic carbocycles. The van der Waals surface area contributed by atoms with Crippen LogP contribution in [0, 0.1) is 5.92 Å². The van der Waals surface area contributed by atoms with Crippen LogP contribution in [0.5, 0.6) is 0 Å². The summed E-state index contributed by atoms with van der Waals surface area (Å²) < 4.78 is 5.09. The molecule has 6 heteroatoms. The molecule has 2 heterocycles. The van der Waals surface area contributed by atoms with Crippen LogP contribution in [-0.4, -0.2) is 86.0 Å². The third-order valence-corrected chi connectivity index (χ3v) is 5.01. The monoisotopic (exact) mass is 385 g/mol. The van der Waals surface area contributed by atoms with E-state index in [-0.39, 0.29) is 11.8 Å². The van der Waals surface area contributed by atoms with Crippen molar-refractivity contribution >= 4 is 11.8 Å². The summed E-state index contributed by atoms with van der Waals surface area (Å²) in [5, 5.41) is 0. The molecule has 2 amide bonds. The highest BCUT2D eigenvalue weighted by Crippen LogP contribution is 2.20. The van der Waals surface area contributed by atoms with Crippen molar-refractivity contribution in [1.82, 2.24) is 14.7 Å². The minimum absolute atomic E-state index is 0.169. The molecule has 0 saturated carbocycles. The minimum atomic E-state index is 0.169. The Morgan fingerprint density at radius 2 is 1.41 bits per heavy atom. The summed E-state index contributed by atoms with van der Waals surface area (Å²) in [7, 11) is 1.73. The molecule has 6 nitrogen and oxygen atoms in total. The molecule has 0 radical (unpaired) electrons. The lowest BCUT2D eigenvalue weighted by molar-refractivity contribution is -0.143. The molecule has 160 valence electrons. The van der Waals surface area contributed by atoms with Crippen molar-refractivity contribution in [2.45, 2.75) is 60.3 Å². The fourth-order valence-corrected chi connectivity index (χ4v) is 3.49. The molecule has 2 aliphatic rings. The van der Waals surface area contributed by atoms with Gasteiger partial charge in [0.1, 0.15) is 0 Å². The number of ether oxygens (including phenoxy) is 1. The second-order valence-corrected chi connectivity index (χ2v) is 6.52. The Morgan fingerprint density at radius 1 is 0.889 bits per heavy atom. The second-order valence-electron chi connectivity index (χ2n) is 6.52. The normalized spacial score (nSPS) is 18.1. The Balaban J connectivity index is 0.00000158. The average Bonchev–Trinajstić information content (AvgIpc) is 2.76. The standard InChI is InChI=1S/C17H31N3O3.2C2H6/c1-3-16(21)19-10-12-20(13-11-19)17(22)15-5-8-18(9-6-15)7-4-14-23-2;2*1-2/h15H,3-14H2,1-2H3;2*1-2H3. The van der Waals surface area contributed by atoms with Crippen molar-refractivity contribution < 1.29 is 14.3 Å². The first-order chi connectivity index (χ1) is 13.2. The molecular formula is C21H43N3O3. The molecule has 0 N–H and O–H groups in total. The van der Waals surface area contributed by atoms with Gasteiger partial charge in [-0.2, -0.15) is 0 Å². The molecule has 0 aromatic rings. The molecule has 2 fully saturated rings. The summed E-state index contributed by atoms with van der Waals surface area (Å²) in [6, 6.07) is 0. The summed E-state index contributed by atoms with van der Waals surface area (Å²) in [5.74, 6) is 0.661. The quantitative estimate of drug-likeness (QED) is 0.660. The van der Waals surface area contributed by atoms with Gasteiger partial charge in [0.05, 0.1) is 0 Å². The van der Waals surface area contributed by atoms with Crippen LogP contribution in [-0.2, 0) is 14.3 Å². The SMILES string of the molecule is CC.CC.CCC(=O)N1CCN(C(=O)C2CCN(CCCOC)CC2)CC1. The smallest absolute Gasteiger partial charge is 0.225 e. The van der Waals surface area contributed by atoms with Crippen LogP contribution in [0.15, 0.2) is 0 Å². The lowest BCUT2D eigenvalue weighted by Crippen LogP contribution is -2.52. The Kier molecular flexibility index (Phi) is 15.2. The Bertz CT molecular complexity index is 388. The zero-order valence-corrected chi connectivity index (χ0v) is 18.6. The molecule has 0 aliphatic carbocycles. The van der Waals surface area contributed by atoms with E-state index in [1.807, 2.05) is 44.4 Å². The number of piperidine rings is 1. The number of piperazine rings is 1. The minimum Gasteiger partial charge on any atom is -0.385 e. The summed E-state index contributed by atoms with van der Waals surface area (Å²) in [6.07, 6.45) is 3.53. The van der Waals surface area contributed by atoms with E-state index in [0.29, 0.717) is 38.5 Å². The molecule has 0 aromatic heterocycles. The number of nitrogens with zero attached hydrogens (tertiary/aromatic N) is 3. The fraction of sp³-hybridized carbons (Fsp3) is 0.905. The largest absolute Gasteiger partial charge is 0.385 e. The third-order valence-electron chi connectivity index (χ3n) is 5.01. The number of carbonyl (C=O) groups excluding carboxylic acids is 2. The molecular weight excluding hydrogens is 342 g/mol. The van der Waals surface area contributed by atoms with Crippen molar-refractivity contribution in [1.29, 1.82) is 0 Å². The van der Waals surface area contributed by atoms with Crippen LogP contribution in [0.4, 0.5) is 0 Å². The van der Waals surface area contributed by atoms with Crippen LogP contribution in [0.3, 0.4) is 0 Å². The van der Waals surface area contributed by atoms with E-state index in [4.69, 9.17) is 4.74 Å². The van der Waals surface area contributed by atoms with E-state index in [1.54, 1.807) is 7.11 Å². The van der Waals surface area contributed by atoms with Gasteiger partial charge < -0.3 is 19.4 Å². The summed E-state index contributed by atoms with van der Waals surface area (Å²) in [4.78, 5) is 30.6. The molecule has 0 bridgehead atoms. The molecule has 0 spiro atoms. The zero-order chi connectivity index (χ0) is 20.7. The first kappa shape index (κ1) is 25.9. The lowest BCUT2D eigenvalue weighted by Gasteiger charge is -2.38. The summed E-state index contributed by atoms with van der Waals surface area (Å²) in [5.41, 5.74) is 0. The topological polar surface area (TPSA) is 53.1 Å². The van der Waals surface area contributed by atoms with Gasteiger partial charge in [0.2, 0.25) is 11.8 Å². The number of hydrogen-bond acceptors (Lipinski definition) is 4. The van der Waals surface area contributed by atoms with Crippen molar-refractivity contribution in [3.05, 3.63) is 0 Å². The number of likely N-dealkylation sites (tertiary alicyclic amines) is 1. The average molecular weight is 386 g/mol. The van der Waals surface area contributed by atoms with Gasteiger partial charge >= 0.3 is 0 Å². The van der Waals surface area contributed by atoms with Gasteiger partial charge in [0, 0.05) is 58.8 Å². The maximum absolute atomic E-state index is 12.7. The van der Waals surface area contributed by atoms with Gasteiger partial charge in [-0.25, -0.2) is 0 Å². The number of carbonyl (C=O) groups is 2. The van der Waals surface area contributed by atoms with Gasteiger partial charge in [-0.05, 0) is 32.4 Å². The van der Waals surface area contributed by atoms with Crippen LogP contribution in [0.25, 0.3) is 0 Å². The predicted octanol–water partition coefficient (Wildman–Crippen LogP) is 2.87. The van der Waals surface area contributed by atoms with E-state index in [0.717, 1.165) is 45.5 Å². The molecule has 0 atom stereocenters. The van der Waals surface area contributed by atoms with Gasteiger partial charge in [0.25, 0.3) is 0 Å². The Labute approximate surface area is 167 Å². The molecule has 2 saturated heterocycles. The first-order valence-corrected chi connectivity index (χ1v) is 10.9. The third kappa shape index (κ3) is 9.06. The molecule has 27 heavy (non-hydrogen) atoms. The van der Waals surface area contributed by atoms with Crippen LogP contribution in [0.1, 0.15) is 60.3 Å². The number of rotatable bonds is 6. The fourth-order valence-electron chi connectivity index (χ4n) is 3.49. The highest BCUT2D eigenvalue weighted by atomic mass is 16.5. The molecule has 0 unspecified atom stereocenters. The summed E-state index contributed by atoms with van der Waals surface area (Å²) in [6.45, 7) is 16.5. The molecule has 2 aliphatic heterocycles. The lowest BCUT2D eigenvalue weighted by atomic mass is 9.95. The number of amides is 2. The van der Waals surface area contributed by atoms with E-state index in [2.05, 4.69) is 4.90 Å². The summed E-state index contributed by atoms with van der Waals surface area (Å²) >= 11 is 0. The van der Waals surface area contributed by atoms with E-state index < -0.39 is 0 Å². The highest BCUT2D eigenvalue weighted by Gasteiger charge is 2.30. The van der Waals surface area contributed by atoms with Gasteiger partial charge in [-0.1, -0.05) is 34.6 Å². The number of methoxy groups -OCH3 is 1. The molecule has 2 rings (SSSR count). The predicted molar refractivity (Wildman–Crippen MR) is 112 cm³/mol. The van der Waals surface area contributed by atoms with Crippen LogP contribution < -0.4 is 0 Å². The Morgan fingerprint density at radius 3 is 1.89 bits per heavy atom. The van der Waals surface area contributed by atoms with Crippen LogP contribution >= 0.6 is 0 Å². The highest BCUT2D eigenvalue weighted by molar-refractivity contribution is 5.80. The van der Waals surface area contributed by atoms with Crippen molar-refractivity contribution in [2.75, 3.05) is 59.5 Å². The van der Waals surface area contributed by atoms with E-state index in [9.17, 15) is 9.59 Å². The van der Waals surface area contributed by atoms with Gasteiger partial charge in [-0.3, -0.25) is 9.59 Å². The van der Waals surface area contributed by atoms with Crippen molar-refractivity contribution in [3.8, 4) is 0 Å². The number of hydrogen-bond donors (Lipinski definition) is 0. The first-order valence-electron chi connectivity index (χ1n) is 10.9. The van der Waals surface area contributed by atoms with E-state index in [1.165, 1.54) is 0 Å². The zero-order valence-electron chi connectivity index (χ0n) is 18.6. The Hall–Kier alpha value is -1.14. The van der Waals surface area contributed by atoms with Gasteiger partial charge in [-0.15, -0.1) is 0 Å². The van der Waals surface area contributed by atoms with Crippen LogP contribution in [0.2, 0.25) is 0 Å². The maximum atomic E-state index is 12.7. The van der Waals surface area contributed by atoms with Crippen molar-refractivity contribution in [3.63, 3.8) is 0 Å². The van der Waals surface area contributed by atoms with Crippen molar-refractivity contribution in [2.24, 2.45) is 5.92 Å². The second kappa shape index (κ2) is 15.9. The van der Waals surface area contributed by atoms with E-state index >= 15 is 0 Å².